The molecule has 0 bridgehead atoms. The van der Waals surface area contributed by atoms with Gasteiger partial charge in [-0.05, 0) is 48.3 Å². The summed E-state index contributed by atoms with van der Waals surface area (Å²) in [5.41, 5.74) is 0.486. The van der Waals surface area contributed by atoms with E-state index in [1.807, 2.05) is 57.2 Å². The summed E-state index contributed by atoms with van der Waals surface area (Å²) >= 11 is 3.35. The lowest BCUT2D eigenvalue weighted by Gasteiger charge is -2.24. The molecular formula is C20H25BrN2O4. The lowest BCUT2D eigenvalue weighted by molar-refractivity contribution is 0.0381. The number of hydrogen-bond donors (Lipinski definition) is 1. The zero-order valence-corrected chi connectivity index (χ0v) is 17.4. The van der Waals surface area contributed by atoms with Crippen molar-refractivity contribution in [2.45, 2.75) is 39.0 Å². The minimum atomic E-state index is -0.575. The van der Waals surface area contributed by atoms with Crippen molar-refractivity contribution in [2.24, 2.45) is 0 Å². The molecule has 27 heavy (non-hydrogen) atoms. The van der Waals surface area contributed by atoms with Gasteiger partial charge in [-0.1, -0.05) is 30.3 Å². The molecule has 0 aliphatic rings. The number of aromatic nitrogens is 1. The van der Waals surface area contributed by atoms with Gasteiger partial charge in [0.25, 0.3) is 0 Å². The third-order valence-corrected chi connectivity index (χ3v) is 3.72. The smallest absolute Gasteiger partial charge is 0.408 e. The fourth-order valence-electron chi connectivity index (χ4n) is 2.17. The van der Waals surface area contributed by atoms with Crippen LogP contribution in [0.2, 0.25) is 0 Å². The van der Waals surface area contributed by atoms with E-state index in [0.29, 0.717) is 12.4 Å². The number of carbonyl (C=O) groups excluding carboxylic acids is 1. The van der Waals surface area contributed by atoms with Gasteiger partial charge in [0, 0.05) is 10.7 Å². The molecule has 2 rings (SSSR count). The second-order valence-electron chi connectivity index (χ2n) is 6.99. The molecule has 1 aromatic carbocycles. The second kappa shape index (κ2) is 10.3. The van der Waals surface area contributed by atoms with Crippen LogP contribution in [0.5, 0.6) is 5.75 Å². The van der Waals surface area contributed by atoms with E-state index in [1.165, 1.54) is 0 Å². The number of hydrogen-bond acceptors (Lipinski definition) is 5. The molecule has 1 aromatic heterocycles. The first-order valence-electron chi connectivity index (χ1n) is 8.66. The molecular weight excluding hydrogens is 412 g/mol. The van der Waals surface area contributed by atoms with Gasteiger partial charge in [-0.15, -0.1) is 0 Å². The average Bonchev–Trinajstić information content (AvgIpc) is 2.59. The van der Waals surface area contributed by atoms with Gasteiger partial charge < -0.3 is 19.5 Å². The molecule has 1 heterocycles. The molecule has 1 amide bonds. The van der Waals surface area contributed by atoms with Crippen LogP contribution >= 0.6 is 15.9 Å². The molecule has 7 heteroatoms. The fraction of sp³-hybridized carbons (Fsp3) is 0.400. The van der Waals surface area contributed by atoms with Gasteiger partial charge in [-0.25, -0.2) is 4.79 Å². The Morgan fingerprint density at radius 2 is 1.93 bits per heavy atom. The van der Waals surface area contributed by atoms with E-state index in [9.17, 15) is 4.79 Å². The maximum Gasteiger partial charge on any atom is 0.408 e. The van der Waals surface area contributed by atoms with Crippen molar-refractivity contribution in [2.75, 3.05) is 13.2 Å². The highest BCUT2D eigenvalue weighted by molar-refractivity contribution is 9.10. The topological polar surface area (TPSA) is 69.7 Å². The average molecular weight is 437 g/mol. The predicted molar refractivity (Wildman–Crippen MR) is 107 cm³/mol. The summed E-state index contributed by atoms with van der Waals surface area (Å²) < 4.78 is 17.6. The number of pyridine rings is 1. The van der Waals surface area contributed by atoms with Crippen LogP contribution < -0.4 is 10.1 Å². The number of rotatable bonds is 8. The van der Waals surface area contributed by atoms with Crippen molar-refractivity contribution in [1.29, 1.82) is 0 Å². The summed E-state index contributed by atoms with van der Waals surface area (Å²) in [6, 6.07) is 11.3. The molecule has 1 atom stereocenters. The van der Waals surface area contributed by atoms with Gasteiger partial charge in [-0.3, -0.25) is 4.98 Å². The van der Waals surface area contributed by atoms with E-state index >= 15 is 0 Å². The van der Waals surface area contributed by atoms with Gasteiger partial charge in [0.1, 0.15) is 18.0 Å². The zero-order chi connectivity index (χ0) is 19.7. The number of alkyl carbamates (subject to hydrolysis) is 1. The van der Waals surface area contributed by atoms with E-state index in [1.54, 1.807) is 12.4 Å². The Morgan fingerprint density at radius 3 is 2.59 bits per heavy atom. The van der Waals surface area contributed by atoms with Crippen LogP contribution in [0, 0.1) is 0 Å². The molecule has 0 aliphatic carbocycles. The SMILES string of the molecule is CC(C)(C)OC(=O)N[C@@H](COCc1ccccc1)COc1cncc(Br)c1. The van der Waals surface area contributed by atoms with Crippen LogP contribution in [-0.2, 0) is 16.1 Å². The maximum atomic E-state index is 12.1. The van der Waals surface area contributed by atoms with Gasteiger partial charge in [0.15, 0.2) is 0 Å². The van der Waals surface area contributed by atoms with Crippen molar-refractivity contribution in [3.05, 3.63) is 58.8 Å². The largest absolute Gasteiger partial charge is 0.490 e. The summed E-state index contributed by atoms with van der Waals surface area (Å²) in [5.74, 6) is 0.600. The normalized spacial score (nSPS) is 12.3. The van der Waals surface area contributed by atoms with Crippen molar-refractivity contribution in [1.82, 2.24) is 10.3 Å². The number of halogens is 1. The number of amides is 1. The summed E-state index contributed by atoms with van der Waals surface area (Å²) in [7, 11) is 0. The van der Waals surface area contributed by atoms with Crippen molar-refractivity contribution >= 4 is 22.0 Å². The first-order valence-corrected chi connectivity index (χ1v) is 9.46. The van der Waals surface area contributed by atoms with Crippen LogP contribution in [0.25, 0.3) is 0 Å². The molecule has 0 spiro atoms. The lowest BCUT2D eigenvalue weighted by Crippen LogP contribution is -2.44. The van der Waals surface area contributed by atoms with Gasteiger partial charge >= 0.3 is 6.09 Å². The van der Waals surface area contributed by atoms with Crippen LogP contribution in [0.4, 0.5) is 4.79 Å². The Morgan fingerprint density at radius 1 is 1.19 bits per heavy atom. The Balaban J connectivity index is 1.91. The monoisotopic (exact) mass is 436 g/mol. The third kappa shape index (κ3) is 8.88. The molecule has 0 unspecified atom stereocenters. The Bertz CT molecular complexity index is 719. The van der Waals surface area contributed by atoms with Crippen LogP contribution in [0.3, 0.4) is 0 Å². The van der Waals surface area contributed by atoms with Gasteiger partial charge in [0.2, 0.25) is 0 Å². The highest BCUT2D eigenvalue weighted by Crippen LogP contribution is 2.16. The molecule has 0 radical (unpaired) electrons. The van der Waals surface area contributed by atoms with E-state index in [2.05, 4.69) is 26.2 Å². The summed E-state index contributed by atoms with van der Waals surface area (Å²) in [6.45, 7) is 6.42. The molecule has 0 fully saturated rings. The standard InChI is InChI=1S/C20H25BrN2O4/c1-20(2,3)27-19(24)23-17(13-25-12-15-7-5-4-6-8-15)14-26-18-9-16(21)10-22-11-18/h4-11,17H,12-14H2,1-3H3,(H,23,24)/t17-/m0/s1. The highest BCUT2D eigenvalue weighted by atomic mass is 79.9. The molecule has 146 valence electrons. The van der Waals surface area contributed by atoms with E-state index in [0.717, 1.165) is 10.0 Å². The summed E-state index contributed by atoms with van der Waals surface area (Å²) in [6.07, 6.45) is 2.78. The number of carbonyl (C=O) groups is 1. The second-order valence-corrected chi connectivity index (χ2v) is 7.91. The van der Waals surface area contributed by atoms with Crippen molar-refractivity contribution in [3.63, 3.8) is 0 Å². The Labute approximate surface area is 168 Å². The fourth-order valence-corrected chi connectivity index (χ4v) is 2.51. The summed E-state index contributed by atoms with van der Waals surface area (Å²) in [4.78, 5) is 16.2. The molecule has 1 N–H and O–H groups in total. The minimum Gasteiger partial charge on any atom is -0.490 e. The highest BCUT2D eigenvalue weighted by Gasteiger charge is 2.20. The summed E-state index contributed by atoms with van der Waals surface area (Å²) in [5, 5.41) is 2.80. The Kier molecular flexibility index (Phi) is 8.06. The van der Waals surface area contributed by atoms with E-state index in [-0.39, 0.29) is 19.3 Å². The zero-order valence-electron chi connectivity index (χ0n) is 15.8. The molecule has 0 saturated carbocycles. The van der Waals surface area contributed by atoms with Crippen molar-refractivity contribution in [3.8, 4) is 5.75 Å². The van der Waals surface area contributed by atoms with Gasteiger partial charge in [0.05, 0.1) is 25.5 Å². The first kappa shape index (κ1) is 21.2. The quantitative estimate of drug-likeness (QED) is 0.666. The molecule has 0 saturated heterocycles. The van der Waals surface area contributed by atoms with E-state index < -0.39 is 11.7 Å². The van der Waals surface area contributed by atoms with Crippen LogP contribution in [-0.4, -0.2) is 35.9 Å². The molecule has 0 aliphatic heterocycles. The number of ether oxygens (including phenoxy) is 3. The molecule has 2 aromatic rings. The molecule has 6 nitrogen and oxygen atoms in total. The number of nitrogens with one attached hydrogen (secondary N) is 1. The number of nitrogens with zero attached hydrogens (tertiary/aromatic N) is 1. The first-order chi connectivity index (χ1) is 12.8. The van der Waals surface area contributed by atoms with E-state index in [4.69, 9.17) is 14.2 Å². The lowest BCUT2D eigenvalue weighted by atomic mass is 10.2. The Hall–Kier alpha value is -2.12. The van der Waals surface area contributed by atoms with Gasteiger partial charge in [-0.2, -0.15) is 0 Å². The minimum absolute atomic E-state index is 0.228. The third-order valence-electron chi connectivity index (χ3n) is 3.28. The van der Waals surface area contributed by atoms with Crippen molar-refractivity contribution < 1.29 is 19.0 Å². The maximum absolute atomic E-state index is 12.1. The van der Waals surface area contributed by atoms with Crippen LogP contribution in [0.1, 0.15) is 26.3 Å². The predicted octanol–water partition coefficient (Wildman–Crippen LogP) is 4.33. The van der Waals surface area contributed by atoms with Crippen LogP contribution in [0.15, 0.2) is 53.3 Å². The number of benzene rings is 1.